The number of nitrogens with zero attached hydrogens (tertiary/aromatic N) is 2. The molecule has 2 aliphatic heterocycles. The molecule has 0 saturated carbocycles. The fourth-order valence-electron chi connectivity index (χ4n) is 3.04. The van der Waals surface area contributed by atoms with Crippen molar-refractivity contribution in [3.63, 3.8) is 0 Å². The van der Waals surface area contributed by atoms with E-state index >= 15 is 0 Å². The van der Waals surface area contributed by atoms with Crippen molar-refractivity contribution in [1.29, 1.82) is 0 Å². The van der Waals surface area contributed by atoms with Gasteiger partial charge in [-0.15, -0.1) is 0 Å². The Bertz CT molecular complexity index is 671. The van der Waals surface area contributed by atoms with Gasteiger partial charge < -0.3 is 20.3 Å². The molecule has 0 radical (unpaired) electrons. The van der Waals surface area contributed by atoms with Crippen molar-refractivity contribution >= 4 is 17.7 Å². The van der Waals surface area contributed by atoms with Crippen LogP contribution in [0, 0.1) is 0 Å². The molecule has 3 rings (SSSR count). The van der Waals surface area contributed by atoms with Crippen LogP contribution in [0.2, 0.25) is 0 Å². The molecular weight excluding hydrogens is 294 g/mol. The van der Waals surface area contributed by atoms with Gasteiger partial charge in [-0.25, -0.2) is 4.79 Å². The van der Waals surface area contributed by atoms with Crippen LogP contribution in [0.15, 0.2) is 30.5 Å². The van der Waals surface area contributed by atoms with Crippen LogP contribution in [0.4, 0.5) is 10.5 Å². The Hall–Kier alpha value is -2.34. The van der Waals surface area contributed by atoms with Crippen molar-refractivity contribution in [3.8, 4) is 0 Å². The molecule has 0 bridgehead atoms. The van der Waals surface area contributed by atoms with Crippen molar-refractivity contribution in [2.45, 2.75) is 32.4 Å². The van der Waals surface area contributed by atoms with Crippen LogP contribution >= 0.6 is 0 Å². The minimum absolute atomic E-state index is 0.0209. The lowest BCUT2D eigenvalue weighted by molar-refractivity contribution is -0.118. The van der Waals surface area contributed by atoms with Gasteiger partial charge in [0.2, 0.25) is 5.91 Å². The standard InChI is InChI=1S/C17H21N3O3/c1-11(2)23-17(22)19-7-5-12-9-14(4-3-13(12)10-19)20-8-6-15(18)16(20)21/h3-4,9,15H,1,5-8,10,18H2,2H3/t15-/m0/s1. The van der Waals surface area contributed by atoms with E-state index in [0.29, 0.717) is 31.8 Å². The number of nitrogens with two attached hydrogens (primary N) is 1. The van der Waals surface area contributed by atoms with Crippen LogP contribution in [0.3, 0.4) is 0 Å². The zero-order valence-corrected chi connectivity index (χ0v) is 13.2. The maximum atomic E-state index is 12.0. The summed E-state index contributed by atoms with van der Waals surface area (Å²) in [5, 5.41) is 0. The number of carbonyl (C=O) groups excluding carboxylic acids is 2. The number of anilines is 1. The number of amides is 2. The molecule has 1 aromatic rings. The van der Waals surface area contributed by atoms with Gasteiger partial charge in [0.1, 0.15) is 0 Å². The molecule has 2 N–H and O–H groups in total. The first kappa shape index (κ1) is 15.6. The van der Waals surface area contributed by atoms with Crippen molar-refractivity contribution in [2.75, 3.05) is 18.0 Å². The molecule has 2 heterocycles. The Kier molecular flexibility index (Phi) is 4.09. The highest BCUT2D eigenvalue weighted by Crippen LogP contribution is 2.27. The van der Waals surface area contributed by atoms with E-state index in [-0.39, 0.29) is 12.0 Å². The fraction of sp³-hybridized carbons (Fsp3) is 0.412. The summed E-state index contributed by atoms with van der Waals surface area (Å²) in [6, 6.07) is 5.54. The van der Waals surface area contributed by atoms with Gasteiger partial charge in [-0.1, -0.05) is 12.6 Å². The van der Waals surface area contributed by atoms with E-state index in [1.165, 1.54) is 0 Å². The second-order valence-electron chi connectivity index (χ2n) is 6.08. The van der Waals surface area contributed by atoms with Crippen LogP contribution in [-0.2, 0) is 22.5 Å². The van der Waals surface area contributed by atoms with E-state index < -0.39 is 6.04 Å². The van der Waals surface area contributed by atoms with Crippen molar-refractivity contribution < 1.29 is 14.3 Å². The third-order valence-corrected chi connectivity index (χ3v) is 4.28. The van der Waals surface area contributed by atoms with Crippen LogP contribution in [-0.4, -0.2) is 36.0 Å². The quantitative estimate of drug-likeness (QED) is 0.844. The second kappa shape index (κ2) is 6.04. The van der Waals surface area contributed by atoms with E-state index in [1.807, 2.05) is 18.2 Å². The molecule has 1 aromatic carbocycles. The minimum Gasteiger partial charge on any atom is -0.416 e. The molecule has 1 saturated heterocycles. The third-order valence-electron chi connectivity index (χ3n) is 4.28. The molecule has 122 valence electrons. The zero-order chi connectivity index (χ0) is 16.6. The van der Waals surface area contributed by atoms with Gasteiger partial charge in [0.25, 0.3) is 0 Å². The molecule has 1 fully saturated rings. The van der Waals surface area contributed by atoms with E-state index in [4.69, 9.17) is 10.5 Å². The topological polar surface area (TPSA) is 75.9 Å². The smallest absolute Gasteiger partial charge is 0.415 e. The van der Waals surface area contributed by atoms with E-state index in [2.05, 4.69) is 6.58 Å². The average molecular weight is 315 g/mol. The second-order valence-corrected chi connectivity index (χ2v) is 6.08. The Morgan fingerprint density at radius 2 is 2.13 bits per heavy atom. The van der Waals surface area contributed by atoms with Gasteiger partial charge in [0.05, 0.1) is 11.8 Å². The van der Waals surface area contributed by atoms with Gasteiger partial charge in [-0.05, 0) is 43.0 Å². The lowest BCUT2D eigenvalue weighted by Crippen LogP contribution is -2.36. The maximum absolute atomic E-state index is 12.0. The predicted molar refractivity (Wildman–Crippen MR) is 86.8 cm³/mol. The maximum Gasteiger partial charge on any atom is 0.415 e. The highest BCUT2D eigenvalue weighted by atomic mass is 16.6. The molecule has 0 unspecified atom stereocenters. The molecule has 0 spiro atoms. The SMILES string of the molecule is C=C(C)OC(=O)N1CCc2cc(N3CC[C@H](N)C3=O)ccc2C1. The first-order chi connectivity index (χ1) is 11.0. The summed E-state index contributed by atoms with van der Waals surface area (Å²) in [5.74, 6) is 0.368. The first-order valence-electron chi connectivity index (χ1n) is 7.76. The number of rotatable bonds is 2. The molecular formula is C17H21N3O3. The average Bonchev–Trinajstić information content (AvgIpc) is 2.85. The minimum atomic E-state index is -0.390. The molecule has 2 aliphatic rings. The Balaban J connectivity index is 1.75. The van der Waals surface area contributed by atoms with Crippen molar-refractivity contribution in [3.05, 3.63) is 41.7 Å². The van der Waals surface area contributed by atoms with Gasteiger partial charge in [-0.2, -0.15) is 0 Å². The molecule has 23 heavy (non-hydrogen) atoms. The summed E-state index contributed by atoms with van der Waals surface area (Å²) >= 11 is 0. The number of hydrogen-bond donors (Lipinski definition) is 1. The Morgan fingerprint density at radius 1 is 1.35 bits per heavy atom. The highest BCUT2D eigenvalue weighted by Gasteiger charge is 2.30. The number of fused-ring (bicyclic) bond motifs is 1. The van der Waals surface area contributed by atoms with Gasteiger partial charge in [-0.3, -0.25) is 4.79 Å². The highest BCUT2D eigenvalue weighted by molar-refractivity contribution is 5.99. The molecule has 2 amide bonds. The number of benzene rings is 1. The van der Waals surface area contributed by atoms with Crippen molar-refractivity contribution in [1.82, 2.24) is 4.90 Å². The van der Waals surface area contributed by atoms with E-state index in [0.717, 1.165) is 23.2 Å². The Labute approximate surface area is 135 Å². The van der Waals surface area contributed by atoms with Crippen molar-refractivity contribution in [2.24, 2.45) is 5.73 Å². The number of ether oxygens (including phenoxy) is 1. The Morgan fingerprint density at radius 3 is 2.78 bits per heavy atom. The number of hydrogen-bond acceptors (Lipinski definition) is 4. The van der Waals surface area contributed by atoms with E-state index in [1.54, 1.807) is 16.7 Å². The largest absolute Gasteiger partial charge is 0.416 e. The summed E-state index contributed by atoms with van der Waals surface area (Å²) in [4.78, 5) is 27.4. The molecule has 6 nitrogen and oxygen atoms in total. The lowest BCUT2D eigenvalue weighted by atomic mass is 9.99. The summed E-state index contributed by atoms with van der Waals surface area (Å²) in [5.41, 5.74) is 8.91. The van der Waals surface area contributed by atoms with E-state index in [9.17, 15) is 9.59 Å². The van der Waals surface area contributed by atoms with Gasteiger partial charge >= 0.3 is 6.09 Å². The van der Waals surface area contributed by atoms with Crippen LogP contribution in [0.1, 0.15) is 24.5 Å². The molecule has 0 aromatic heterocycles. The molecule has 6 heteroatoms. The fourth-order valence-corrected chi connectivity index (χ4v) is 3.04. The summed E-state index contributed by atoms with van der Waals surface area (Å²) in [6.45, 7) is 7.00. The van der Waals surface area contributed by atoms with Gasteiger partial charge in [0, 0.05) is 25.3 Å². The van der Waals surface area contributed by atoms with Crippen LogP contribution < -0.4 is 10.6 Å². The molecule has 1 atom stereocenters. The molecule has 0 aliphatic carbocycles. The van der Waals surface area contributed by atoms with Gasteiger partial charge in [0.15, 0.2) is 0 Å². The first-order valence-corrected chi connectivity index (χ1v) is 7.76. The zero-order valence-electron chi connectivity index (χ0n) is 13.2. The lowest BCUT2D eigenvalue weighted by Gasteiger charge is -2.29. The summed E-state index contributed by atoms with van der Waals surface area (Å²) in [6.07, 6.45) is 1.06. The predicted octanol–water partition coefficient (Wildman–Crippen LogP) is 1.78. The monoisotopic (exact) mass is 315 g/mol. The number of carbonyl (C=O) groups is 2. The normalized spacial score (nSPS) is 20.4. The van der Waals surface area contributed by atoms with Crippen LogP contribution in [0.5, 0.6) is 0 Å². The summed E-state index contributed by atoms with van der Waals surface area (Å²) < 4.78 is 5.06. The third kappa shape index (κ3) is 3.07. The summed E-state index contributed by atoms with van der Waals surface area (Å²) in [7, 11) is 0. The number of allylic oxidation sites excluding steroid dienone is 1. The van der Waals surface area contributed by atoms with Crippen LogP contribution in [0.25, 0.3) is 0 Å².